The zero-order valence-corrected chi connectivity index (χ0v) is 20.2. The van der Waals surface area contributed by atoms with Gasteiger partial charge in [-0.1, -0.05) is 25.1 Å². The SMILES string of the molecule is CCNC(=NCCC(CC)N1CCCC1=O)N1CCN(c2ccccc2)CC1.I. The van der Waals surface area contributed by atoms with Gasteiger partial charge in [-0.2, -0.15) is 0 Å². The number of rotatable bonds is 7. The van der Waals surface area contributed by atoms with E-state index in [1.807, 2.05) is 0 Å². The highest BCUT2D eigenvalue weighted by molar-refractivity contribution is 14.0. The summed E-state index contributed by atoms with van der Waals surface area (Å²) < 4.78 is 0. The zero-order chi connectivity index (χ0) is 19.8. The Morgan fingerprint density at radius 3 is 2.41 bits per heavy atom. The van der Waals surface area contributed by atoms with Crippen LogP contribution in [-0.2, 0) is 4.79 Å². The van der Waals surface area contributed by atoms with Gasteiger partial charge in [-0.15, -0.1) is 24.0 Å². The number of hydrogen-bond donors (Lipinski definition) is 1. The molecule has 0 bridgehead atoms. The van der Waals surface area contributed by atoms with Gasteiger partial charge in [-0.3, -0.25) is 9.79 Å². The molecule has 6 nitrogen and oxygen atoms in total. The van der Waals surface area contributed by atoms with E-state index >= 15 is 0 Å². The molecule has 1 unspecified atom stereocenters. The van der Waals surface area contributed by atoms with Crippen molar-refractivity contribution in [2.75, 3.05) is 50.7 Å². The first-order valence-corrected chi connectivity index (χ1v) is 10.9. The second-order valence-electron chi connectivity index (χ2n) is 7.59. The molecule has 7 heteroatoms. The van der Waals surface area contributed by atoms with Crippen LogP contribution in [-0.4, -0.2) is 73.5 Å². The van der Waals surface area contributed by atoms with Gasteiger partial charge in [-0.05, 0) is 38.3 Å². The number of amides is 1. The number of aliphatic imine (C=N–C) groups is 1. The van der Waals surface area contributed by atoms with Crippen LogP contribution in [0.1, 0.15) is 39.5 Å². The fraction of sp³-hybridized carbons (Fsp3) is 0.636. The van der Waals surface area contributed by atoms with Gasteiger partial charge < -0.3 is 20.0 Å². The fourth-order valence-electron chi connectivity index (χ4n) is 4.20. The molecule has 1 aromatic rings. The minimum atomic E-state index is 0. The predicted molar refractivity (Wildman–Crippen MR) is 131 cm³/mol. The molecule has 29 heavy (non-hydrogen) atoms. The molecule has 162 valence electrons. The van der Waals surface area contributed by atoms with Gasteiger partial charge in [0.05, 0.1) is 0 Å². The average Bonchev–Trinajstić information content (AvgIpc) is 3.17. The van der Waals surface area contributed by atoms with Gasteiger partial charge in [0.25, 0.3) is 0 Å². The highest BCUT2D eigenvalue weighted by atomic mass is 127. The number of para-hydroxylation sites is 1. The highest BCUT2D eigenvalue weighted by Crippen LogP contribution is 2.18. The van der Waals surface area contributed by atoms with Crippen LogP contribution in [0, 0.1) is 0 Å². The molecular weight excluding hydrogens is 477 g/mol. The Bertz CT molecular complexity index is 646. The quantitative estimate of drug-likeness (QED) is 0.346. The Kier molecular flexibility index (Phi) is 10.0. The van der Waals surface area contributed by atoms with E-state index in [-0.39, 0.29) is 24.0 Å². The Balaban J connectivity index is 0.00000300. The standard InChI is InChI=1S/C22H35N5O.HI/c1-3-19(27-14-8-11-21(27)28)12-13-24-22(23-4-2)26-17-15-25(16-18-26)20-9-6-5-7-10-20;/h5-7,9-10,19H,3-4,8,11-18H2,1-2H3,(H,23,24);1H. The topological polar surface area (TPSA) is 51.2 Å². The van der Waals surface area contributed by atoms with Crippen molar-refractivity contribution in [3.05, 3.63) is 30.3 Å². The fourth-order valence-corrected chi connectivity index (χ4v) is 4.20. The molecule has 0 saturated carbocycles. The molecule has 0 aliphatic carbocycles. The van der Waals surface area contributed by atoms with E-state index in [1.54, 1.807) is 0 Å². The number of anilines is 1. The number of carbonyl (C=O) groups is 1. The Morgan fingerprint density at radius 1 is 1.10 bits per heavy atom. The van der Waals surface area contributed by atoms with Crippen molar-refractivity contribution >= 4 is 41.5 Å². The largest absolute Gasteiger partial charge is 0.368 e. The number of nitrogens with one attached hydrogen (secondary N) is 1. The van der Waals surface area contributed by atoms with Crippen molar-refractivity contribution in [2.24, 2.45) is 4.99 Å². The van der Waals surface area contributed by atoms with Gasteiger partial charge in [-0.25, -0.2) is 0 Å². The number of carbonyl (C=O) groups excluding carboxylic acids is 1. The van der Waals surface area contributed by atoms with Crippen LogP contribution in [0.15, 0.2) is 35.3 Å². The molecule has 1 aromatic carbocycles. The van der Waals surface area contributed by atoms with Crippen molar-refractivity contribution < 1.29 is 4.79 Å². The van der Waals surface area contributed by atoms with E-state index in [0.29, 0.717) is 18.4 Å². The van der Waals surface area contributed by atoms with E-state index < -0.39 is 0 Å². The average molecular weight is 513 g/mol. The van der Waals surface area contributed by atoms with Gasteiger partial charge in [0, 0.05) is 64.0 Å². The Morgan fingerprint density at radius 2 is 1.83 bits per heavy atom. The number of guanidine groups is 1. The summed E-state index contributed by atoms with van der Waals surface area (Å²) >= 11 is 0. The van der Waals surface area contributed by atoms with E-state index in [4.69, 9.17) is 4.99 Å². The van der Waals surface area contributed by atoms with Crippen molar-refractivity contribution in [2.45, 2.75) is 45.6 Å². The lowest BCUT2D eigenvalue weighted by molar-refractivity contribution is -0.129. The van der Waals surface area contributed by atoms with Crippen LogP contribution in [0.25, 0.3) is 0 Å². The third-order valence-electron chi connectivity index (χ3n) is 5.78. The van der Waals surface area contributed by atoms with Crippen molar-refractivity contribution in [3.63, 3.8) is 0 Å². The van der Waals surface area contributed by atoms with Crippen LogP contribution in [0.4, 0.5) is 5.69 Å². The first kappa shape index (κ1) is 23.8. The second-order valence-corrected chi connectivity index (χ2v) is 7.59. The molecule has 1 amide bonds. The summed E-state index contributed by atoms with van der Waals surface area (Å²) in [6, 6.07) is 11.0. The molecule has 0 aromatic heterocycles. The van der Waals surface area contributed by atoms with Crippen LogP contribution in [0.5, 0.6) is 0 Å². The van der Waals surface area contributed by atoms with E-state index in [9.17, 15) is 4.79 Å². The van der Waals surface area contributed by atoms with E-state index in [1.165, 1.54) is 5.69 Å². The first-order valence-electron chi connectivity index (χ1n) is 10.9. The third-order valence-corrected chi connectivity index (χ3v) is 5.78. The molecule has 3 rings (SSSR count). The highest BCUT2D eigenvalue weighted by Gasteiger charge is 2.26. The van der Waals surface area contributed by atoms with Crippen molar-refractivity contribution in [1.82, 2.24) is 15.1 Å². The molecule has 2 heterocycles. The number of nitrogens with zero attached hydrogens (tertiary/aromatic N) is 4. The normalized spacial score (nSPS) is 18.6. The van der Waals surface area contributed by atoms with E-state index in [0.717, 1.165) is 71.0 Å². The molecule has 1 atom stereocenters. The molecule has 0 spiro atoms. The maximum Gasteiger partial charge on any atom is 0.222 e. The molecule has 2 saturated heterocycles. The summed E-state index contributed by atoms with van der Waals surface area (Å²) in [6.45, 7) is 10.8. The first-order chi connectivity index (χ1) is 13.7. The summed E-state index contributed by atoms with van der Waals surface area (Å²) in [5, 5.41) is 3.45. The molecule has 1 N–H and O–H groups in total. The Hall–Kier alpha value is -1.51. The van der Waals surface area contributed by atoms with Gasteiger partial charge in [0.1, 0.15) is 0 Å². The summed E-state index contributed by atoms with van der Waals surface area (Å²) in [7, 11) is 0. The van der Waals surface area contributed by atoms with Crippen molar-refractivity contribution in [1.29, 1.82) is 0 Å². The molecular formula is C22H36IN5O. The number of benzene rings is 1. The summed E-state index contributed by atoms with van der Waals surface area (Å²) in [5.74, 6) is 1.33. The maximum atomic E-state index is 12.0. The third kappa shape index (κ3) is 6.49. The van der Waals surface area contributed by atoms with Crippen LogP contribution in [0.2, 0.25) is 0 Å². The molecule has 2 aliphatic heterocycles. The maximum absolute atomic E-state index is 12.0. The monoisotopic (exact) mass is 513 g/mol. The molecule has 2 fully saturated rings. The number of piperazine rings is 1. The predicted octanol–water partition coefficient (Wildman–Crippen LogP) is 3.18. The number of hydrogen-bond acceptors (Lipinski definition) is 3. The lowest BCUT2D eigenvalue weighted by atomic mass is 10.1. The Labute approximate surface area is 192 Å². The smallest absolute Gasteiger partial charge is 0.222 e. The second kappa shape index (κ2) is 12.2. The number of likely N-dealkylation sites (tertiary alicyclic amines) is 1. The van der Waals surface area contributed by atoms with Gasteiger partial charge >= 0.3 is 0 Å². The molecule has 0 radical (unpaired) electrons. The van der Waals surface area contributed by atoms with Crippen LogP contribution < -0.4 is 10.2 Å². The van der Waals surface area contributed by atoms with Crippen LogP contribution >= 0.6 is 24.0 Å². The molecule has 2 aliphatic rings. The minimum absolute atomic E-state index is 0. The summed E-state index contributed by atoms with van der Waals surface area (Å²) in [4.78, 5) is 23.8. The van der Waals surface area contributed by atoms with Gasteiger partial charge in [0.2, 0.25) is 5.91 Å². The summed E-state index contributed by atoms with van der Waals surface area (Å²) in [6.07, 6.45) is 3.68. The van der Waals surface area contributed by atoms with Crippen molar-refractivity contribution in [3.8, 4) is 0 Å². The zero-order valence-electron chi connectivity index (χ0n) is 17.8. The lowest BCUT2D eigenvalue weighted by Crippen LogP contribution is -2.52. The lowest BCUT2D eigenvalue weighted by Gasteiger charge is -2.37. The number of halogens is 1. The van der Waals surface area contributed by atoms with Crippen LogP contribution in [0.3, 0.4) is 0 Å². The summed E-state index contributed by atoms with van der Waals surface area (Å²) in [5.41, 5.74) is 1.30. The van der Waals surface area contributed by atoms with Gasteiger partial charge in [0.15, 0.2) is 5.96 Å². The minimum Gasteiger partial charge on any atom is -0.368 e. The van der Waals surface area contributed by atoms with E-state index in [2.05, 4.69) is 64.2 Å².